The number of carbonyl (C=O) groups is 1. The van der Waals surface area contributed by atoms with E-state index in [-0.39, 0.29) is 12.0 Å². The number of benzene rings is 2. The van der Waals surface area contributed by atoms with Crippen LogP contribution in [0.1, 0.15) is 61.1 Å². The second-order valence-corrected chi connectivity index (χ2v) is 7.88. The number of aryl methyl sites for hydroxylation is 1. The van der Waals surface area contributed by atoms with Crippen LogP contribution in [0.5, 0.6) is 0 Å². The van der Waals surface area contributed by atoms with Crippen molar-refractivity contribution in [2.45, 2.75) is 45.1 Å². The maximum absolute atomic E-state index is 11.7. The van der Waals surface area contributed by atoms with Gasteiger partial charge in [-0.2, -0.15) is 0 Å². The molecule has 3 aromatic rings. The first-order chi connectivity index (χ1) is 14.0. The van der Waals surface area contributed by atoms with Gasteiger partial charge in [-0.05, 0) is 55.0 Å². The number of unbranched alkanes of at least 4 members (excludes halogenated alkanes) is 3. The Morgan fingerprint density at radius 3 is 2.55 bits per heavy atom. The summed E-state index contributed by atoms with van der Waals surface area (Å²) >= 11 is 6.20. The molecule has 0 amide bonds. The van der Waals surface area contributed by atoms with Crippen LogP contribution >= 0.6 is 11.6 Å². The minimum absolute atomic E-state index is 0.173. The van der Waals surface area contributed by atoms with E-state index < -0.39 is 0 Å². The molecule has 0 spiro atoms. The molecule has 0 aliphatic rings. The molecule has 1 N–H and O–H groups in total. The lowest BCUT2D eigenvalue weighted by Crippen LogP contribution is -2.14. The Morgan fingerprint density at radius 1 is 1.10 bits per heavy atom. The van der Waals surface area contributed by atoms with Crippen LogP contribution in [0.4, 0.5) is 5.69 Å². The predicted molar refractivity (Wildman–Crippen MR) is 121 cm³/mol. The second kappa shape index (κ2) is 9.84. The predicted octanol–water partition coefficient (Wildman–Crippen LogP) is 6.74. The minimum Gasteiger partial charge on any atom is -0.465 e. The molecule has 154 valence electrons. The Labute approximate surface area is 177 Å². The molecule has 4 nitrogen and oxygen atoms in total. The highest BCUT2D eigenvalue weighted by atomic mass is 35.5. The third-order valence-electron chi connectivity index (χ3n) is 5.39. The summed E-state index contributed by atoms with van der Waals surface area (Å²) < 4.78 is 7.03. The molecule has 1 unspecified atom stereocenters. The molecule has 1 aromatic heterocycles. The number of methoxy groups -OCH3 is 1. The van der Waals surface area contributed by atoms with Crippen molar-refractivity contribution < 1.29 is 9.53 Å². The zero-order valence-electron chi connectivity index (χ0n) is 17.4. The molecule has 0 radical (unpaired) electrons. The number of anilines is 1. The molecule has 2 aromatic carbocycles. The SMILES string of the molecule is CCCCCCC(Nc1ccc(C(=O)OC)cc1)c1cc2cc(Cl)ccc2n1C. The van der Waals surface area contributed by atoms with E-state index >= 15 is 0 Å². The van der Waals surface area contributed by atoms with Crippen molar-refractivity contribution in [2.24, 2.45) is 7.05 Å². The van der Waals surface area contributed by atoms with Crippen LogP contribution in [-0.4, -0.2) is 17.6 Å². The lowest BCUT2D eigenvalue weighted by molar-refractivity contribution is 0.0601. The van der Waals surface area contributed by atoms with Crippen LogP contribution in [0, 0.1) is 0 Å². The molecule has 5 heteroatoms. The summed E-state index contributed by atoms with van der Waals surface area (Å²) in [5, 5.41) is 5.57. The van der Waals surface area contributed by atoms with Crippen LogP contribution in [0.25, 0.3) is 10.9 Å². The second-order valence-electron chi connectivity index (χ2n) is 7.45. The fraction of sp³-hybridized carbons (Fsp3) is 0.375. The molecule has 1 heterocycles. The first-order valence-electron chi connectivity index (χ1n) is 10.2. The average Bonchev–Trinajstić information content (AvgIpc) is 3.05. The number of ether oxygens (including phenoxy) is 1. The van der Waals surface area contributed by atoms with E-state index in [4.69, 9.17) is 16.3 Å². The largest absolute Gasteiger partial charge is 0.465 e. The number of hydrogen-bond acceptors (Lipinski definition) is 3. The van der Waals surface area contributed by atoms with Crippen molar-refractivity contribution in [1.82, 2.24) is 4.57 Å². The summed E-state index contributed by atoms with van der Waals surface area (Å²) in [5.41, 5.74) is 3.94. The van der Waals surface area contributed by atoms with Gasteiger partial charge in [0.15, 0.2) is 0 Å². The minimum atomic E-state index is -0.321. The zero-order valence-corrected chi connectivity index (χ0v) is 18.1. The van der Waals surface area contributed by atoms with E-state index in [1.165, 1.54) is 37.6 Å². The van der Waals surface area contributed by atoms with Gasteiger partial charge < -0.3 is 14.6 Å². The van der Waals surface area contributed by atoms with Crippen molar-refractivity contribution in [3.63, 3.8) is 0 Å². The van der Waals surface area contributed by atoms with Gasteiger partial charge in [-0.15, -0.1) is 0 Å². The Balaban J connectivity index is 1.86. The van der Waals surface area contributed by atoms with E-state index in [0.29, 0.717) is 5.56 Å². The first kappa shape index (κ1) is 21.3. The molecule has 0 aliphatic carbocycles. The molecular weight excluding hydrogens is 384 g/mol. The molecule has 0 saturated carbocycles. The number of nitrogens with one attached hydrogen (secondary N) is 1. The third-order valence-corrected chi connectivity index (χ3v) is 5.63. The Hall–Kier alpha value is -2.46. The van der Waals surface area contributed by atoms with E-state index in [1.54, 1.807) is 12.1 Å². The summed E-state index contributed by atoms with van der Waals surface area (Å²) in [4.78, 5) is 11.7. The quantitative estimate of drug-likeness (QED) is 0.312. The lowest BCUT2D eigenvalue weighted by Gasteiger charge is -2.21. The van der Waals surface area contributed by atoms with Gasteiger partial charge in [0.1, 0.15) is 0 Å². The highest BCUT2D eigenvalue weighted by molar-refractivity contribution is 6.31. The van der Waals surface area contributed by atoms with Gasteiger partial charge in [0.05, 0.1) is 18.7 Å². The number of aromatic nitrogens is 1. The lowest BCUT2D eigenvalue weighted by atomic mass is 10.0. The average molecular weight is 413 g/mol. The summed E-state index contributed by atoms with van der Waals surface area (Å²) in [7, 11) is 3.50. The number of halogens is 1. The molecule has 0 bridgehead atoms. The van der Waals surface area contributed by atoms with Crippen molar-refractivity contribution in [3.8, 4) is 0 Å². The Morgan fingerprint density at radius 2 is 1.86 bits per heavy atom. The van der Waals surface area contributed by atoms with E-state index in [9.17, 15) is 4.79 Å². The number of nitrogens with zero attached hydrogens (tertiary/aromatic N) is 1. The van der Waals surface area contributed by atoms with Crippen molar-refractivity contribution in [3.05, 3.63) is 64.8 Å². The van der Waals surface area contributed by atoms with Crippen molar-refractivity contribution >= 4 is 34.2 Å². The summed E-state index contributed by atoms with van der Waals surface area (Å²) in [6.07, 6.45) is 5.90. The molecule has 0 fully saturated rings. The van der Waals surface area contributed by atoms with Gasteiger partial charge >= 0.3 is 5.97 Å². The molecular formula is C24H29ClN2O2. The van der Waals surface area contributed by atoms with Crippen LogP contribution in [0.2, 0.25) is 5.02 Å². The summed E-state index contributed by atoms with van der Waals surface area (Å²) in [6, 6.07) is 15.9. The summed E-state index contributed by atoms with van der Waals surface area (Å²) in [6.45, 7) is 2.23. The van der Waals surface area contributed by atoms with Crippen LogP contribution in [-0.2, 0) is 11.8 Å². The Kier molecular flexibility index (Phi) is 7.21. The van der Waals surface area contributed by atoms with Crippen LogP contribution in [0.15, 0.2) is 48.5 Å². The number of fused-ring (bicyclic) bond motifs is 1. The van der Waals surface area contributed by atoms with Crippen molar-refractivity contribution in [1.29, 1.82) is 0 Å². The number of carbonyl (C=O) groups excluding carboxylic acids is 1. The van der Waals surface area contributed by atoms with Gasteiger partial charge in [-0.25, -0.2) is 4.79 Å². The first-order valence-corrected chi connectivity index (χ1v) is 10.6. The molecule has 29 heavy (non-hydrogen) atoms. The smallest absolute Gasteiger partial charge is 0.337 e. The molecule has 0 aliphatic heterocycles. The van der Waals surface area contributed by atoms with Gasteiger partial charge in [-0.1, -0.05) is 44.2 Å². The number of rotatable bonds is 9. The van der Waals surface area contributed by atoms with Gasteiger partial charge in [0.25, 0.3) is 0 Å². The van der Waals surface area contributed by atoms with E-state index in [1.807, 2.05) is 24.3 Å². The maximum Gasteiger partial charge on any atom is 0.337 e. The zero-order chi connectivity index (χ0) is 20.8. The molecule has 3 rings (SSSR count). The molecule has 0 saturated heterocycles. The van der Waals surface area contributed by atoms with Crippen LogP contribution < -0.4 is 5.32 Å². The highest BCUT2D eigenvalue weighted by Gasteiger charge is 2.17. The molecule has 1 atom stereocenters. The van der Waals surface area contributed by atoms with E-state index in [2.05, 4.69) is 36.0 Å². The topological polar surface area (TPSA) is 43.3 Å². The Bertz CT molecular complexity index is 963. The van der Waals surface area contributed by atoms with Gasteiger partial charge in [0, 0.05) is 34.4 Å². The maximum atomic E-state index is 11.7. The summed E-state index contributed by atoms with van der Waals surface area (Å²) in [5.74, 6) is -0.321. The standard InChI is InChI=1S/C24H29ClN2O2/c1-4-5-6-7-8-21(26-20-12-9-17(10-13-20)24(28)29-3)23-16-18-15-19(25)11-14-22(18)27(23)2/h9-16,21,26H,4-8H2,1-3H3. The fourth-order valence-corrected chi connectivity index (χ4v) is 3.95. The fourth-order valence-electron chi connectivity index (χ4n) is 3.77. The van der Waals surface area contributed by atoms with Crippen molar-refractivity contribution in [2.75, 3.05) is 12.4 Å². The highest BCUT2D eigenvalue weighted by Crippen LogP contribution is 2.31. The van der Waals surface area contributed by atoms with Gasteiger partial charge in [0.2, 0.25) is 0 Å². The third kappa shape index (κ3) is 5.13. The number of hydrogen-bond donors (Lipinski definition) is 1. The number of esters is 1. The van der Waals surface area contributed by atoms with Crippen LogP contribution in [0.3, 0.4) is 0 Å². The normalized spacial score (nSPS) is 12.1. The van der Waals surface area contributed by atoms with E-state index in [0.717, 1.165) is 28.9 Å². The van der Waals surface area contributed by atoms with Gasteiger partial charge in [-0.3, -0.25) is 0 Å². The monoisotopic (exact) mass is 412 g/mol.